The van der Waals surface area contributed by atoms with Crippen molar-refractivity contribution in [3.63, 3.8) is 0 Å². The van der Waals surface area contributed by atoms with Gasteiger partial charge >= 0.3 is 0 Å². The van der Waals surface area contributed by atoms with E-state index in [0.717, 1.165) is 25.9 Å². The third-order valence-electron chi connectivity index (χ3n) is 2.97. The number of carbonyl (C=O) groups is 1. The number of nitrogens with one attached hydrogen (secondary N) is 1. The van der Waals surface area contributed by atoms with Crippen molar-refractivity contribution >= 4 is 17.5 Å². The van der Waals surface area contributed by atoms with Crippen molar-refractivity contribution in [1.29, 1.82) is 0 Å². The molecular formula is C13H16ClNO3. The monoisotopic (exact) mass is 269 g/mol. The topological polar surface area (TPSA) is 58.6 Å². The first-order valence-electron chi connectivity index (χ1n) is 6.05. The molecule has 1 fully saturated rings. The summed E-state index contributed by atoms with van der Waals surface area (Å²) in [5.74, 6) is -0.227. The highest BCUT2D eigenvalue weighted by Gasteiger charge is 2.15. The van der Waals surface area contributed by atoms with Crippen LogP contribution in [0.15, 0.2) is 18.2 Å². The number of ether oxygens (including phenoxy) is 1. The Morgan fingerprint density at radius 1 is 1.50 bits per heavy atom. The van der Waals surface area contributed by atoms with Crippen LogP contribution in [0, 0.1) is 0 Å². The Balaban J connectivity index is 1.88. The fourth-order valence-corrected chi connectivity index (χ4v) is 2.11. The highest BCUT2D eigenvalue weighted by Crippen LogP contribution is 2.23. The van der Waals surface area contributed by atoms with E-state index < -0.39 is 0 Å². The number of rotatable bonds is 3. The molecule has 1 aromatic rings. The minimum absolute atomic E-state index is 0.0242. The summed E-state index contributed by atoms with van der Waals surface area (Å²) < 4.78 is 5.53. The van der Waals surface area contributed by atoms with Gasteiger partial charge in [-0.1, -0.05) is 11.6 Å². The summed E-state index contributed by atoms with van der Waals surface area (Å²) in [4.78, 5) is 11.8. The molecule has 0 radical (unpaired) electrons. The highest BCUT2D eigenvalue weighted by atomic mass is 35.5. The van der Waals surface area contributed by atoms with E-state index in [1.54, 1.807) is 0 Å². The Morgan fingerprint density at radius 3 is 3.00 bits per heavy atom. The number of hydrogen-bond donors (Lipinski definition) is 2. The van der Waals surface area contributed by atoms with Gasteiger partial charge in [-0.25, -0.2) is 0 Å². The summed E-state index contributed by atoms with van der Waals surface area (Å²) in [6.45, 7) is 1.28. The largest absolute Gasteiger partial charge is 0.506 e. The van der Waals surface area contributed by atoms with Crippen molar-refractivity contribution < 1.29 is 14.6 Å². The molecule has 5 heteroatoms. The molecule has 1 amide bonds. The first kappa shape index (κ1) is 13.2. The van der Waals surface area contributed by atoms with E-state index in [2.05, 4.69) is 5.32 Å². The van der Waals surface area contributed by atoms with E-state index in [-0.39, 0.29) is 22.8 Å². The zero-order valence-corrected chi connectivity index (χ0v) is 10.7. The number of aromatic hydroxyl groups is 1. The van der Waals surface area contributed by atoms with Gasteiger partial charge in [-0.05, 0) is 37.5 Å². The molecule has 0 saturated carbocycles. The molecule has 1 aliphatic rings. The summed E-state index contributed by atoms with van der Waals surface area (Å²) in [6.07, 6.45) is 3.33. The summed E-state index contributed by atoms with van der Waals surface area (Å²) in [6, 6.07) is 4.40. The second-order valence-corrected chi connectivity index (χ2v) is 4.77. The first-order chi connectivity index (χ1) is 8.66. The quantitative estimate of drug-likeness (QED) is 0.886. The molecule has 0 bridgehead atoms. The van der Waals surface area contributed by atoms with Gasteiger partial charge in [-0.2, -0.15) is 0 Å². The lowest BCUT2D eigenvalue weighted by atomic mass is 10.1. The van der Waals surface area contributed by atoms with Crippen LogP contribution in [0.2, 0.25) is 5.02 Å². The van der Waals surface area contributed by atoms with E-state index in [1.807, 2.05) is 0 Å². The number of phenols is 1. The zero-order valence-electron chi connectivity index (χ0n) is 9.99. The molecule has 2 N–H and O–H groups in total. The van der Waals surface area contributed by atoms with Gasteiger partial charge in [0.1, 0.15) is 5.75 Å². The van der Waals surface area contributed by atoms with Gasteiger partial charge in [0, 0.05) is 18.7 Å². The molecule has 4 nitrogen and oxygen atoms in total. The van der Waals surface area contributed by atoms with Crippen LogP contribution in [0.25, 0.3) is 0 Å². The van der Waals surface area contributed by atoms with Gasteiger partial charge in [0.15, 0.2) is 0 Å². The van der Waals surface area contributed by atoms with Crippen LogP contribution in [0.3, 0.4) is 0 Å². The lowest BCUT2D eigenvalue weighted by Gasteiger charge is -2.22. The second kappa shape index (κ2) is 6.07. The van der Waals surface area contributed by atoms with Gasteiger partial charge < -0.3 is 15.2 Å². The number of carbonyl (C=O) groups excluding carboxylic acids is 1. The van der Waals surface area contributed by atoms with Gasteiger partial charge in [-0.3, -0.25) is 4.79 Å². The van der Waals surface area contributed by atoms with Crippen molar-refractivity contribution in [3.8, 4) is 5.75 Å². The summed E-state index contributed by atoms with van der Waals surface area (Å²) in [7, 11) is 0. The van der Waals surface area contributed by atoms with Crippen LogP contribution in [-0.2, 0) is 4.74 Å². The third-order valence-corrected chi connectivity index (χ3v) is 3.28. The predicted molar refractivity (Wildman–Crippen MR) is 69.0 cm³/mol. The number of hydrogen-bond acceptors (Lipinski definition) is 3. The van der Waals surface area contributed by atoms with Gasteiger partial charge in [0.05, 0.1) is 11.1 Å². The molecule has 1 aliphatic heterocycles. The SMILES string of the molecule is O=C(NCC1CCCCO1)c1ccc(O)c(Cl)c1. The zero-order chi connectivity index (χ0) is 13.0. The molecule has 98 valence electrons. The summed E-state index contributed by atoms with van der Waals surface area (Å²) >= 11 is 5.75. The van der Waals surface area contributed by atoms with Gasteiger partial charge in [0.25, 0.3) is 5.91 Å². The molecule has 0 spiro atoms. The van der Waals surface area contributed by atoms with Crippen molar-refractivity contribution in [2.75, 3.05) is 13.2 Å². The Morgan fingerprint density at radius 2 is 2.33 bits per heavy atom. The Hall–Kier alpha value is -1.26. The standard InChI is InChI=1S/C13H16ClNO3/c14-11-7-9(4-5-12(11)16)13(17)15-8-10-3-1-2-6-18-10/h4-5,7,10,16H,1-3,6,8H2,(H,15,17). The van der Waals surface area contributed by atoms with Crippen LogP contribution >= 0.6 is 11.6 Å². The first-order valence-corrected chi connectivity index (χ1v) is 6.43. The lowest BCUT2D eigenvalue weighted by molar-refractivity contribution is 0.0169. The number of benzene rings is 1. The molecule has 1 heterocycles. The van der Waals surface area contributed by atoms with Crippen molar-refractivity contribution in [2.45, 2.75) is 25.4 Å². The van der Waals surface area contributed by atoms with Crippen molar-refractivity contribution in [1.82, 2.24) is 5.32 Å². The molecule has 1 aromatic carbocycles. The third kappa shape index (κ3) is 3.37. The summed E-state index contributed by atoms with van der Waals surface area (Å²) in [5, 5.41) is 12.3. The average molecular weight is 270 g/mol. The number of phenolic OH excluding ortho intramolecular Hbond substituents is 1. The summed E-state index contributed by atoms with van der Waals surface area (Å²) in [5.41, 5.74) is 0.439. The van der Waals surface area contributed by atoms with E-state index in [9.17, 15) is 9.90 Å². The van der Waals surface area contributed by atoms with Gasteiger partial charge in [0.2, 0.25) is 0 Å². The second-order valence-electron chi connectivity index (χ2n) is 4.36. The molecule has 1 atom stereocenters. The molecule has 0 aliphatic carbocycles. The van der Waals surface area contributed by atoms with Crippen LogP contribution in [-0.4, -0.2) is 30.3 Å². The lowest BCUT2D eigenvalue weighted by Crippen LogP contribution is -2.35. The van der Waals surface area contributed by atoms with Gasteiger partial charge in [-0.15, -0.1) is 0 Å². The van der Waals surface area contributed by atoms with Crippen LogP contribution in [0.1, 0.15) is 29.6 Å². The minimum atomic E-state index is -0.203. The maximum absolute atomic E-state index is 11.8. The normalized spacial score (nSPS) is 19.5. The smallest absolute Gasteiger partial charge is 0.251 e. The molecule has 2 rings (SSSR count). The number of amides is 1. The van der Waals surface area contributed by atoms with Crippen LogP contribution in [0.5, 0.6) is 5.75 Å². The van der Waals surface area contributed by atoms with E-state index in [0.29, 0.717) is 12.1 Å². The molecule has 0 aromatic heterocycles. The maximum atomic E-state index is 11.8. The molecule has 1 saturated heterocycles. The van der Waals surface area contributed by atoms with E-state index >= 15 is 0 Å². The van der Waals surface area contributed by atoms with E-state index in [1.165, 1.54) is 18.2 Å². The average Bonchev–Trinajstić information content (AvgIpc) is 2.40. The molecule has 18 heavy (non-hydrogen) atoms. The Labute approximate surface area is 111 Å². The molecular weight excluding hydrogens is 254 g/mol. The minimum Gasteiger partial charge on any atom is -0.506 e. The van der Waals surface area contributed by atoms with Crippen LogP contribution < -0.4 is 5.32 Å². The van der Waals surface area contributed by atoms with E-state index in [4.69, 9.17) is 16.3 Å². The highest BCUT2D eigenvalue weighted by molar-refractivity contribution is 6.32. The Kier molecular flexibility index (Phi) is 4.44. The van der Waals surface area contributed by atoms with Crippen molar-refractivity contribution in [3.05, 3.63) is 28.8 Å². The maximum Gasteiger partial charge on any atom is 0.251 e. The van der Waals surface area contributed by atoms with Crippen LogP contribution in [0.4, 0.5) is 0 Å². The van der Waals surface area contributed by atoms with Crippen molar-refractivity contribution in [2.24, 2.45) is 0 Å². The Bertz CT molecular complexity index is 430. The fourth-order valence-electron chi connectivity index (χ4n) is 1.93. The predicted octanol–water partition coefficient (Wildman–Crippen LogP) is 2.34. The number of halogens is 1. The fraction of sp³-hybridized carbons (Fsp3) is 0.462. The molecule has 1 unspecified atom stereocenters.